The lowest BCUT2D eigenvalue weighted by molar-refractivity contribution is -0.120. The molecule has 1 amide bonds. The van der Waals surface area contributed by atoms with Gasteiger partial charge in [-0.3, -0.25) is 4.79 Å². The van der Waals surface area contributed by atoms with Crippen LogP contribution < -0.4 is 20.1 Å². The van der Waals surface area contributed by atoms with Crippen molar-refractivity contribution < 1.29 is 14.3 Å². The molecule has 28 heavy (non-hydrogen) atoms. The van der Waals surface area contributed by atoms with Gasteiger partial charge >= 0.3 is 0 Å². The zero-order valence-electron chi connectivity index (χ0n) is 15.0. The topological polar surface area (TPSA) is 85.4 Å². The van der Waals surface area contributed by atoms with E-state index in [1.54, 1.807) is 0 Å². The van der Waals surface area contributed by atoms with Crippen LogP contribution in [0.5, 0.6) is 11.5 Å². The SMILES string of the molecule is C[C@@H](Sc1nnc(Nc2ccccc2)s1)C(=O)NCc1ccc2c(c1)OCO2. The third-order valence-electron chi connectivity index (χ3n) is 3.98. The van der Waals surface area contributed by atoms with E-state index in [9.17, 15) is 4.79 Å². The van der Waals surface area contributed by atoms with E-state index in [4.69, 9.17) is 9.47 Å². The number of carbonyl (C=O) groups excluding carboxylic acids is 1. The standard InChI is InChI=1S/C19H18N4O3S2/c1-12(17(24)20-10-13-7-8-15-16(9-13)26-11-25-15)27-19-23-22-18(28-19)21-14-5-3-2-4-6-14/h2-9,12H,10-11H2,1H3,(H,20,24)(H,21,22)/t12-/m1/s1. The molecule has 0 saturated carbocycles. The zero-order chi connectivity index (χ0) is 19.3. The predicted molar refractivity (Wildman–Crippen MR) is 109 cm³/mol. The van der Waals surface area contributed by atoms with E-state index >= 15 is 0 Å². The quantitative estimate of drug-likeness (QED) is 0.569. The number of ether oxygens (including phenoxy) is 2. The Morgan fingerprint density at radius 3 is 2.86 bits per heavy atom. The fourth-order valence-electron chi connectivity index (χ4n) is 2.54. The minimum atomic E-state index is -0.286. The van der Waals surface area contributed by atoms with Gasteiger partial charge in [0.15, 0.2) is 15.8 Å². The molecule has 3 aromatic rings. The molecule has 2 heterocycles. The number of benzene rings is 2. The Morgan fingerprint density at radius 1 is 1.18 bits per heavy atom. The number of aromatic nitrogens is 2. The van der Waals surface area contributed by atoms with Crippen LogP contribution in [0.3, 0.4) is 0 Å². The Hall–Kier alpha value is -2.78. The van der Waals surface area contributed by atoms with Crippen LogP contribution in [-0.4, -0.2) is 28.1 Å². The van der Waals surface area contributed by atoms with Crippen molar-refractivity contribution in [3.63, 3.8) is 0 Å². The molecule has 7 nitrogen and oxygen atoms in total. The van der Waals surface area contributed by atoms with Gasteiger partial charge in [-0.15, -0.1) is 10.2 Å². The van der Waals surface area contributed by atoms with E-state index in [-0.39, 0.29) is 18.0 Å². The molecule has 9 heteroatoms. The maximum absolute atomic E-state index is 12.4. The van der Waals surface area contributed by atoms with Crippen LogP contribution in [0.25, 0.3) is 0 Å². The van der Waals surface area contributed by atoms with E-state index in [2.05, 4.69) is 20.8 Å². The second-order valence-corrected chi connectivity index (χ2v) is 8.60. The van der Waals surface area contributed by atoms with Crippen LogP contribution in [0.1, 0.15) is 12.5 Å². The second kappa shape index (κ2) is 8.49. The van der Waals surface area contributed by atoms with E-state index in [0.29, 0.717) is 17.4 Å². The molecule has 0 bridgehead atoms. The molecule has 1 aliphatic heterocycles. The Bertz CT molecular complexity index is 965. The molecule has 0 saturated heterocycles. The zero-order valence-corrected chi connectivity index (χ0v) is 16.7. The van der Waals surface area contributed by atoms with E-state index in [1.807, 2.05) is 55.5 Å². The van der Waals surface area contributed by atoms with Crippen molar-refractivity contribution in [2.24, 2.45) is 0 Å². The van der Waals surface area contributed by atoms with E-state index in [1.165, 1.54) is 23.1 Å². The second-order valence-electron chi connectivity index (χ2n) is 6.03. The summed E-state index contributed by atoms with van der Waals surface area (Å²) in [5.74, 6) is 1.38. The Labute approximate surface area is 170 Å². The molecule has 1 aromatic heterocycles. The van der Waals surface area contributed by atoms with Crippen molar-refractivity contribution >= 4 is 39.8 Å². The van der Waals surface area contributed by atoms with Crippen molar-refractivity contribution in [3.05, 3.63) is 54.1 Å². The molecule has 2 N–H and O–H groups in total. The number of nitrogens with zero attached hydrogens (tertiary/aromatic N) is 2. The van der Waals surface area contributed by atoms with Crippen LogP contribution in [0, 0.1) is 0 Å². The number of nitrogens with one attached hydrogen (secondary N) is 2. The maximum atomic E-state index is 12.4. The molecule has 4 rings (SSSR count). The summed E-state index contributed by atoms with van der Waals surface area (Å²) < 4.78 is 11.4. The molecular weight excluding hydrogens is 396 g/mol. The number of anilines is 2. The number of hydrogen-bond acceptors (Lipinski definition) is 8. The van der Waals surface area contributed by atoms with Crippen LogP contribution in [0.4, 0.5) is 10.8 Å². The summed E-state index contributed by atoms with van der Waals surface area (Å²) in [7, 11) is 0. The highest BCUT2D eigenvalue weighted by Crippen LogP contribution is 2.33. The monoisotopic (exact) mass is 414 g/mol. The first-order valence-corrected chi connectivity index (χ1v) is 10.4. The Balaban J connectivity index is 1.28. The van der Waals surface area contributed by atoms with Crippen LogP contribution in [0.2, 0.25) is 0 Å². The number of carbonyl (C=O) groups is 1. The van der Waals surface area contributed by atoms with Gasteiger partial charge in [0.1, 0.15) is 0 Å². The van der Waals surface area contributed by atoms with Gasteiger partial charge in [-0.2, -0.15) is 0 Å². The highest BCUT2D eigenvalue weighted by atomic mass is 32.2. The molecule has 0 spiro atoms. The van der Waals surface area contributed by atoms with Gasteiger partial charge in [-0.1, -0.05) is 47.4 Å². The van der Waals surface area contributed by atoms with Gasteiger partial charge in [0, 0.05) is 12.2 Å². The summed E-state index contributed by atoms with van der Waals surface area (Å²) in [4.78, 5) is 12.4. The molecular formula is C19H18N4O3S2. The van der Waals surface area contributed by atoms with Crippen molar-refractivity contribution in [1.82, 2.24) is 15.5 Å². The maximum Gasteiger partial charge on any atom is 0.233 e. The largest absolute Gasteiger partial charge is 0.454 e. The molecule has 0 fully saturated rings. The van der Waals surface area contributed by atoms with Crippen LogP contribution in [-0.2, 0) is 11.3 Å². The molecule has 144 valence electrons. The lowest BCUT2D eigenvalue weighted by Crippen LogP contribution is -2.30. The highest BCUT2D eigenvalue weighted by molar-refractivity contribution is 8.02. The first-order chi connectivity index (χ1) is 13.7. The fourth-order valence-corrected chi connectivity index (χ4v) is 4.48. The Kier molecular flexibility index (Phi) is 5.63. The molecule has 0 unspecified atom stereocenters. The number of para-hydroxylation sites is 1. The van der Waals surface area contributed by atoms with Gasteiger partial charge in [-0.25, -0.2) is 0 Å². The van der Waals surface area contributed by atoms with Crippen LogP contribution in [0.15, 0.2) is 52.9 Å². The van der Waals surface area contributed by atoms with Crippen molar-refractivity contribution in [2.75, 3.05) is 12.1 Å². The van der Waals surface area contributed by atoms with Gasteiger partial charge < -0.3 is 20.1 Å². The smallest absolute Gasteiger partial charge is 0.233 e. The third-order valence-corrected chi connectivity index (χ3v) is 6.00. The lowest BCUT2D eigenvalue weighted by Gasteiger charge is -2.10. The van der Waals surface area contributed by atoms with Gasteiger partial charge in [-0.05, 0) is 36.8 Å². The average molecular weight is 415 g/mol. The van der Waals surface area contributed by atoms with Gasteiger partial charge in [0.05, 0.1) is 5.25 Å². The van der Waals surface area contributed by atoms with Crippen molar-refractivity contribution in [3.8, 4) is 11.5 Å². The lowest BCUT2D eigenvalue weighted by atomic mass is 10.2. The summed E-state index contributed by atoms with van der Waals surface area (Å²) in [6.07, 6.45) is 0. The molecule has 0 radical (unpaired) electrons. The summed E-state index contributed by atoms with van der Waals surface area (Å²) in [5, 5.41) is 14.8. The number of hydrogen-bond donors (Lipinski definition) is 2. The van der Waals surface area contributed by atoms with Gasteiger partial charge in [0.2, 0.25) is 17.8 Å². The molecule has 0 aliphatic carbocycles. The van der Waals surface area contributed by atoms with Gasteiger partial charge in [0.25, 0.3) is 0 Å². The minimum Gasteiger partial charge on any atom is -0.454 e. The molecule has 2 aromatic carbocycles. The minimum absolute atomic E-state index is 0.0598. The highest BCUT2D eigenvalue weighted by Gasteiger charge is 2.18. The predicted octanol–water partition coefficient (Wildman–Crippen LogP) is 3.81. The van der Waals surface area contributed by atoms with Crippen molar-refractivity contribution in [2.45, 2.75) is 23.1 Å². The summed E-state index contributed by atoms with van der Waals surface area (Å²) in [6, 6.07) is 15.4. The average Bonchev–Trinajstić information content (AvgIpc) is 3.35. The summed E-state index contributed by atoms with van der Waals surface area (Å²) in [5.41, 5.74) is 1.91. The molecule has 1 aliphatic rings. The number of fused-ring (bicyclic) bond motifs is 1. The number of amides is 1. The normalized spacial score (nSPS) is 13.2. The fraction of sp³-hybridized carbons (Fsp3) is 0.211. The summed E-state index contributed by atoms with van der Waals surface area (Å²) >= 11 is 2.81. The molecule has 1 atom stereocenters. The van der Waals surface area contributed by atoms with Crippen LogP contribution >= 0.6 is 23.1 Å². The summed E-state index contributed by atoms with van der Waals surface area (Å²) in [6.45, 7) is 2.52. The number of thioether (sulfide) groups is 1. The first kappa shape index (κ1) is 18.6. The Morgan fingerprint density at radius 2 is 2.00 bits per heavy atom. The van der Waals surface area contributed by atoms with E-state index in [0.717, 1.165) is 21.3 Å². The first-order valence-electron chi connectivity index (χ1n) is 8.66. The number of rotatable bonds is 7. The van der Waals surface area contributed by atoms with Crippen molar-refractivity contribution in [1.29, 1.82) is 0 Å². The van der Waals surface area contributed by atoms with E-state index < -0.39 is 0 Å². The third kappa shape index (κ3) is 4.55.